The molecule has 3 aliphatic rings. The average molecular weight is 580 g/mol. The molecule has 0 radical (unpaired) electrons. The van der Waals surface area contributed by atoms with Crippen LogP contribution in [0.5, 0.6) is 0 Å². The van der Waals surface area contributed by atoms with Gasteiger partial charge < -0.3 is 14.6 Å². The summed E-state index contributed by atoms with van der Waals surface area (Å²) in [6.07, 6.45) is -8.82. The zero-order valence-corrected chi connectivity index (χ0v) is 20.8. The lowest BCUT2D eigenvalue weighted by molar-refractivity contribution is -0.245. The Morgan fingerprint density at radius 2 is 1.80 bits per heavy atom. The number of alkyl halides is 6. The molecule has 0 spiro atoms. The number of hydrazine groups is 1. The molecule has 218 valence electrons. The van der Waals surface area contributed by atoms with Crippen molar-refractivity contribution in [2.45, 2.75) is 57.0 Å². The molecule has 1 aromatic carbocycles. The molecule has 0 saturated carbocycles. The number of carbonyl (C=O) groups excluding carboxylic acids is 4. The van der Waals surface area contributed by atoms with Gasteiger partial charge in [0.25, 0.3) is 11.8 Å². The maximum Gasteiger partial charge on any atom is 0.493 e. The Hall–Kier alpha value is -3.85. The minimum atomic E-state index is -5.54. The number of rotatable bonds is 4. The monoisotopic (exact) mass is 580 g/mol. The number of halogens is 7. The van der Waals surface area contributed by atoms with Crippen molar-refractivity contribution >= 4 is 23.7 Å². The Morgan fingerprint density at radius 3 is 2.45 bits per heavy atom. The van der Waals surface area contributed by atoms with Crippen LogP contribution in [0.2, 0.25) is 0 Å². The molecule has 1 unspecified atom stereocenters. The van der Waals surface area contributed by atoms with E-state index in [1.54, 1.807) is 4.90 Å². The smallest absolute Gasteiger partial charge is 0.334 e. The van der Waals surface area contributed by atoms with Crippen LogP contribution in [0, 0.1) is 11.7 Å². The minimum absolute atomic E-state index is 0.0114. The van der Waals surface area contributed by atoms with Crippen LogP contribution < -0.4 is 5.43 Å². The standard InChI is InChI=1S/C24H23F7N4O5/c1-12-3-2-4-14-10-33(11-19(36)34(12)14)21(38)16-8-13(5-6-18(16)25)7-15-9-17(23(26,27)28)20(37)32-35(15)40-22(39)24(29,30)31/h5-6,8-9,12,14,17H,2-4,7,10-11H2,1H3,(H,32,37)/t12-,14+,17?/m1/s1. The van der Waals surface area contributed by atoms with E-state index in [4.69, 9.17) is 0 Å². The van der Waals surface area contributed by atoms with Crippen LogP contribution in [-0.4, -0.2) is 76.2 Å². The van der Waals surface area contributed by atoms with Crippen molar-refractivity contribution in [1.29, 1.82) is 0 Å². The van der Waals surface area contributed by atoms with Crippen LogP contribution in [-0.2, 0) is 25.6 Å². The zero-order valence-electron chi connectivity index (χ0n) is 20.8. The second-order valence-corrected chi connectivity index (χ2v) is 9.74. The van der Waals surface area contributed by atoms with Gasteiger partial charge in [-0.1, -0.05) is 6.07 Å². The van der Waals surface area contributed by atoms with E-state index in [-0.39, 0.29) is 47.9 Å². The number of hydroxylamine groups is 1. The quantitative estimate of drug-likeness (QED) is 0.550. The molecule has 1 aromatic rings. The Bertz CT molecular complexity index is 1250. The molecule has 0 bridgehead atoms. The van der Waals surface area contributed by atoms with Crippen LogP contribution >= 0.6 is 0 Å². The molecule has 1 N–H and O–H groups in total. The molecule has 16 heteroatoms. The maximum atomic E-state index is 14.7. The number of hydrogen-bond acceptors (Lipinski definition) is 6. The predicted molar refractivity (Wildman–Crippen MR) is 120 cm³/mol. The molecule has 40 heavy (non-hydrogen) atoms. The van der Waals surface area contributed by atoms with Gasteiger partial charge in [0.15, 0.2) is 5.92 Å². The number of benzene rings is 1. The number of allylic oxidation sites excluding steroid dienone is 1. The Balaban J connectivity index is 1.60. The second-order valence-electron chi connectivity index (χ2n) is 9.74. The first kappa shape index (κ1) is 29.1. The van der Waals surface area contributed by atoms with E-state index in [9.17, 15) is 49.9 Å². The van der Waals surface area contributed by atoms with E-state index in [0.29, 0.717) is 6.42 Å². The third-order valence-corrected chi connectivity index (χ3v) is 6.88. The highest BCUT2D eigenvalue weighted by molar-refractivity contribution is 5.97. The number of amides is 3. The molecule has 2 fully saturated rings. The summed E-state index contributed by atoms with van der Waals surface area (Å²) >= 11 is 0. The van der Waals surface area contributed by atoms with E-state index in [0.717, 1.165) is 31.0 Å². The summed E-state index contributed by atoms with van der Waals surface area (Å²) < 4.78 is 92.9. The number of nitrogens with one attached hydrogen (secondary N) is 1. The predicted octanol–water partition coefficient (Wildman–Crippen LogP) is 3.02. The molecule has 4 rings (SSSR count). The fourth-order valence-electron chi connectivity index (χ4n) is 5.03. The highest BCUT2D eigenvalue weighted by Gasteiger charge is 2.49. The normalized spacial score (nSPS) is 23.9. The summed E-state index contributed by atoms with van der Waals surface area (Å²) in [6, 6.07) is 2.59. The van der Waals surface area contributed by atoms with Gasteiger partial charge in [-0.3, -0.25) is 14.4 Å². The molecule has 0 aromatic heterocycles. The first-order valence-corrected chi connectivity index (χ1v) is 12.1. The third kappa shape index (κ3) is 5.99. The van der Waals surface area contributed by atoms with E-state index < -0.39 is 59.6 Å². The molecule has 3 amide bonds. The molecule has 3 atom stereocenters. The van der Waals surface area contributed by atoms with Crippen LogP contribution in [0.3, 0.4) is 0 Å². The van der Waals surface area contributed by atoms with Gasteiger partial charge in [0.05, 0.1) is 11.3 Å². The molecule has 3 heterocycles. The van der Waals surface area contributed by atoms with E-state index in [2.05, 4.69) is 4.84 Å². The number of fused-ring (bicyclic) bond motifs is 1. The van der Waals surface area contributed by atoms with Gasteiger partial charge in [-0.25, -0.2) is 14.6 Å². The van der Waals surface area contributed by atoms with Crippen LogP contribution in [0.15, 0.2) is 30.0 Å². The van der Waals surface area contributed by atoms with Gasteiger partial charge in [0, 0.05) is 25.0 Å². The molecular formula is C24H23F7N4O5. The van der Waals surface area contributed by atoms with Gasteiger partial charge in [-0.15, -0.1) is 5.17 Å². The Kier molecular flexibility index (Phi) is 7.73. The highest BCUT2D eigenvalue weighted by Crippen LogP contribution is 2.33. The van der Waals surface area contributed by atoms with Gasteiger partial charge in [-0.2, -0.15) is 26.3 Å². The van der Waals surface area contributed by atoms with Crippen molar-refractivity contribution < 1.29 is 54.7 Å². The fourth-order valence-corrected chi connectivity index (χ4v) is 5.03. The summed E-state index contributed by atoms with van der Waals surface area (Å²) in [4.78, 5) is 56.0. The second kappa shape index (κ2) is 10.6. The summed E-state index contributed by atoms with van der Waals surface area (Å²) in [5.41, 5.74) is 0.144. The van der Waals surface area contributed by atoms with Crippen molar-refractivity contribution in [3.05, 3.63) is 46.9 Å². The molecule has 3 aliphatic heterocycles. The summed E-state index contributed by atoms with van der Waals surface area (Å²) in [5, 5.41) is -0.145. The Labute approximate surface area is 222 Å². The highest BCUT2D eigenvalue weighted by atomic mass is 19.4. The lowest BCUT2D eigenvalue weighted by Gasteiger charge is -2.47. The first-order chi connectivity index (χ1) is 18.6. The Morgan fingerprint density at radius 1 is 1.10 bits per heavy atom. The van der Waals surface area contributed by atoms with E-state index >= 15 is 0 Å². The fraction of sp³-hybridized carbons (Fsp3) is 0.500. The first-order valence-electron chi connectivity index (χ1n) is 12.1. The van der Waals surface area contributed by atoms with Crippen molar-refractivity contribution in [3.8, 4) is 0 Å². The van der Waals surface area contributed by atoms with E-state index in [1.165, 1.54) is 10.3 Å². The van der Waals surface area contributed by atoms with Gasteiger partial charge in [0.1, 0.15) is 12.4 Å². The van der Waals surface area contributed by atoms with Gasteiger partial charge >= 0.3 is 18.3 Å². The number of carbonyl (C=O) groups is 4. The number of hydrogen-bond donors (Lipinski definition) is 1. The molecule has 0 aliphatic carbocycles. The summed E-state index contributed by atoms with van der Waals surface area (Å²) in [6.45, 7) is 1.73. The summed E-state index contributed by atoms with van der Waals surface area (Å²) in [5.74, 6) is -9.58. The SMILES string of the molecule is C[C@@H]1CCC[C@H]2CN(C(=O)c3cc(CC4=CC(C(F)(F)F)C(=O)NN4OC(=O)C(F)(F)F)ccc3F)CC(=O)N21. The third-order valence-electron chi connectivity index (χ3n) is 6.88. The van der Waals surface area contributed by atoms with Crippen LogP contribution in [0.1, 0.15) is 42.1 Å². The average Bonchev–Trinajstić information content (AvgIpc) is 2.84. The van der Waals surface area contributed by atoms with Crippen LogP contribution in [0.25, 0.3) is 0 Å². The molecular weight excluding hydrogens is 557 g/mol. The number of nitrogens with zero attached hydrogens (tertiary/aromatic N) is 3. The topological polar surface area (TPSA) is 99.3 Å². The number of piperazine rings is 1. The maximum absolute atomic E-state index is 14.7. The van der Waals surface area contributed by atoms with Gasteiger partial charge in [-0.05, 0) is 50.0 Å². The van der Waals surface area contributed by atoms with Crippen molar-refractivity contribution in [2.75, 3.05) is 13.1 Å². The molecule has 2 saturated heterocycles. The van der Waals surface area contributed by atoms with Gasteiger partial charge in [0.2, 0.25) is 5.91 Å². The number of piperidine rings is 1. The van der Waals surface area contributed by atoms with Crippen molar-refractivity contribution in [3.63, 3.8) is 0 Å². The minimum Gasteiger partial charge on any atom is -0.334 e. The summed E-state index contributed by atoms with van der Waals surface area (Å²) in [7, 11) is 0. The zero-order chi connectivity index (χ0) is 29.6. The van der Waals surface area contributed by atoms with Crippen molar-refractivity contribution in [1.82, 2.24) is 20.4 Å². The largest absolute Gasteiger partial charge is 0.493 e. The van der Waals surface area contributed by atoms with Crippen molar-refractivity contribution in [2.24, 2.45) is 5.92 Å². The molecule has 9 nitrogen and oxygen atoms in total. The lowest BCUT2D eigenvalue weighted by Crippen LogP contribution is -2.61. The van der Waals surface area contributed by atoms with E-state index in [1.807, 2.05) is 6.92 Å². The lowest BCUT2D eigenvalue weighted by atomic mass is 9.93. The van der Waals surface area contributed by atoms with Crippen LogP contribution in [0.4, 0.5) is 30.7 Å².